The Bertz CT molecular complexity index is 772. The van der Waals surface area contributed by atoms with Crippen molar-refractivity contribution < 1.29 is 9.59 Å². The normalized spacial score (nSPS) is 17.4. The Balaban J connectivity index is 1.57. The zero-order chi connectivity index (χ0) is 16.5. The zero-order valence-corrected chi connectivity index (χ0v) is 13.7. The third kappa shape index (κ3) is 3.00. The summed E-state index contributed by atoms with van der Waals surface area (Å²) in [4.78, 5) is 31.0. The summed E-state index contributed by atoms with van der Waals surface area (Å²) in [5.41, 5.74) is 1.81. The van der Waals surface area contributed by atoms with Crippen molar-refractivity contribution in [1.29, 1.82) is 0 Å². The molecule has 1 saturated heterocycles. The van der Waals surface area contributed by atoms with Crippen molar-refractivity contribution in [2.24, 2.45) is 5.92 Å². The van der Waals surface area contributed by atoms with Gasteiger partial charge in [0.2, 0.25) is 11.8 Å². The highest BCUT2D eigenvalue weighted by molar-refractivity contribution is 5.82. The average molecular weight is 326 g/mol. The monoisotopic (exact) mass is 326 g/mol. The molecule has 1 saturated carbocycles. The fourth-order valence-corrected chi connectivity index (χ4v) is 3.29. The van der Waals surface area contributed by atoms with Crippen molar-refractivity contribution in [1.82, 2.24) is 19.8 Å². The molecule has 0 radical (unpaired) electrons. The number of nitrogens with one attached hydrogen (secondary N) is 1. The lowest BCUT2D eigenvalue weighted by Gasteiger charge is -2.17. The quantitative estimate of drug-likeness (QED) is 0.909. The summed E-state index contributed by atoms with van der Waals surface area (Å²) in [6, 6.07) is 7.81. The molecule has 0 spiro atoms. The highest BCUT2D eigenvalue weighted by atomic mass is 16.2. The first-order valence-electron chi connectivity index (χ1n) is 8.72. The zero-order valence-electron chi connectivity index (χ0n) is 13.7. The molecule has 2 amide bonds. The standard InChI is InChI=1S/C18H22N4O2/c23-17(21-9-3-4-10-21)12-22-15-6-2-1-5-14(15)20-16(22)11-19-18(24)13-7-8-13/h1-2,5-6,13H,3-4,7-12H2,(H,19,24). The summed E-state index contributed by atoms with van der Waals surface area (Å²) in [5.74, 6) is 1.15. The molecule has 6 nitrogen and oxygen atoms in total. The van der Waals surface area contributed by atoms with Crippen LogP contribution < -0.4 is 5.32 Å². The van der Waals surface area contributed by atoms with E-state index in [1.165, 1.54) is 0 Å². The molecule has 1 aliphatic carbocycles. The van der Waals surface area contributed by atoms with Crippen molar-refractivity contribution >= 4 is 22.8 Å². The van der Waals surface area contributed by atoms with Gasteiger partial charge in [0.25, 0.3) is 0 Å². The molecular formula is C18H22N4O2. The summed E-state index contributed by atoms with van der Waals surface area (Å²) in [7, 11) is 0. The van der Waals surface area contributed by atoms with E-state index in [0.717, 1.165) is 55.6 Å². The molecule has 2 fully saturated rings. The van der Waals surface area contributed by atoms with E-state index in [9.17, 15) is 9.59 Å². The first-order valence-corrected chi connectivity index (χ1v) is 8.72. The van der Waals surface area contributed by atoms with E-state index in [2.05, 4.69) is 10.3 Å². The predicted molar refractivity (Wildman–Crippen MR) is 90.1 cm³/mol. The largest absolute Gasteiger partial charge is 0.349 e. The van der Waals surface area contributed by atoms with Gasteiger partial charge < -0.3 is 14.8 Å². The fraction of sp³-hybridized carbons (Fsp3) is 0.500. The van der Waals surface area contributed by atoms with Gasteiger partial charge in [-0.25, -0.2) is 4.98 Å². The first kappa shape index (κ1) is 15.2. The number of aromatic nitrogens is 2. The predicted octanol–water partition coefficient (Wildman–Crippen LogP) is 1.68. The number of para-hydroxylation sites is 2. The van der Waals surface area contributed by atoms with E-state index in [1.54, 1.807) is 0 Å². The summed E-state index contributed by atoms with van der Waals surface area (Å²) >= 11 is 0. The molecule has 0 atom stereocenters. The van der Waals surface area contributed by atoms with Gasteiger partial charge in [-0.05, 0) is 37.8 Å². The number of rotatable bonds is 5. The maximum Gasteiger partial charge on any atom is 0.242 e. The molecule has 4 rings (SSSR count). The molecular weight excluding hydrogens is 304 g/mol. The van der Waals surface area contributed by atoms with Gasteiger partial charge in [-0.1, -0.05) is 12.1 Å². The number of imidazole rings is 1. The number of nitrogens with zero attached hydrogens (tertiary/aromatic N) is 3. The Morgan fingerprint density at radius 2 is 1.92 bits per heavy atom. The maximum atomic E-state index is 12.6. The number of fused-ring (bicyclic) bond motifs is 1. The number of amides is 2. The van der Waals surface area contributed by atoms with Gasteiger partial charge in [0.05, 0.1) is 17.6 Å². The lowest BCUT2D eigenvalue weighted by Crippen LogP contribution is -2.32. The van der Waals surface area contributed by atoms with Gasteiger partial charge in [-0.15, -0.1) is 0 Å². The molecule has 2 heterocycles. The lowest BCUT2D eigenvalue weighted by atomic mass is 10.3. The Hall–Kier alpha value is -2.37. The van der Waals surface area contributed by atoms with Gasteiger partial charge >= 0.3 is 0 Å². The second kappa shape index (κ2) is 6.26. The van der Waals surface area contributed by atoms with E-state index in [1.807, 2.05) is 33.7 Å². The molecule has 2 aliphatic rings. The number of benzene rings is 1. The molecule has 0 bridgehead atoms. The van der Waals surface area contributed by atoms with Crippen LogP contribution in [0.3, 0.4) is 0 Å². The average Bonchev–Trinajstić information content (AvgIpc) is 3.18. The summed E-state index contributed by atoms with van der Waals surface area (Å²) in [6.45, 7) is 2.35. The van der Waals surface area contributed by atoms with Crippen LogP contribution in [0.4, 0.5) is 0 Å². The van der Waals surface area contributed by atoms with Gasteiger partial charge in [-0.3, -0.25) is 9.59 Å². The van der Waals surface area contributed by atoms with Crippen LogP contribution in [0, 0.1) is 5.92 Å². The number of carbonyl (C=O) groups excluding carboxylic acids is 2. The van der Waals surface area contributed by atoms with Crippen LogP contribution in [0.25, 0.3) is 11.0 Å². The van der Waals surface area contributed by atoms with Crippen molar-refractivity contribution in [2.75, 3.05) is 13.1 Å². The number of likely N-dealkylation sites (tertiary alicyclic amines) is 1. The third-order valence-electron chi connectivity index (χ3n) is 4.85. The maximum absolute atomic E-state index is 12.6. The van der Waals surface area contributed by atoms with Crippen LogP contribution in [0.2, 0.25) is 0 Å². The van der Waals surface area contributed by atoms with E-state index in [4.69, 9.17) is 0 Å². The van der Waals surface area contributed by atoms with E-state index >= 15 is 0 Å². The minimum Gasteiger partial charge on any atom is -0.349 e. The van der Waals surface area contributed by atoms with Crippen LogP contribution in [0.15, 0.2) is 24.3 Å². The van der Waals surface area contributed by atoms with Crippen LogP contribution in [0.5, 0.6) is 0 Å². The van der Waals surface area contributed by atoms with Crippen molar-refractivity contribution in [3.05, 3.63) is 30.1 Å². The SMILES string of the molecule is O=C(NCc1nc2ccccc2n1CC(=O)N1CCCC1)C1CC1. The molecule has 1 aromatic heterocycles. The molecule has 1 N–H and O–H groups in total. The molecule has 126 valence electrons. The lowest BCUT2D eigenvalue weighted by molar-refractivity contribution is -0.130. The minimum absolute atomic E-state index is 0.0967. The van der Waals surface area contributed by atoms with Gasteiger partial charge in [0.15, 0.2) is 0 Å². The first-order chi connectivity index (χ1) is 11.7. The van der Waals surface area contributed by atoms with Crippen LogP contribution in [-0.2, 0) is 22.7 Å². The van der Waals surface area contributed by atoms with Crippen molar-refractivity contribution in [3.8, 4) is 0 Å². The van der Waals surface area contributed by atoms with Crippen LogP contribution in [0.1, 0.15) is 31.5 Å². The van der Waals surface area contributed by atoms with Gasteiger partial charge in [0, 0.05) is 19.0 Å². The molecule has 0 unspecified atom stereocenters. The number of hydrogen-bond donors (Lipinski definition) is 1. The minimum atomic E-state index is 0.0967. The second-order valence-corrected chi connectivity index (χ2v) is 6.68. The third-order valence-corrected chi connectivity index (χ3v) is 4.85. The van der Waals surface area contributed by atoms with Gasteiger partial charge in [0.1, 0.15) is 12.4 Å². The van der Waals surface area contributed by atoms with Gasteiger partial charge in [-0.2, -0.15) is 0 Å². The molecule has 1 aromatic carbocycles. The molecule has 1 aliphatic heterocycles. The molecule has 6 heteroatoms. The second-order valence-electron chi connectivity index (χ2n) is 6.68. The summed E-state index contributed by atoms with van der Waals surface area (Å²) in [6.07, 6.45) is 4.13. The Labute approximate surface area is 140 Å². The highest BCUT2D eigenvalue weighted by Crippen LogP contribution is 2.28. The molecule has 2 aromatic rings. The Kier molecular flexibility index (Phi) is 3.96. The van der Waals surface area contributed by atoms with Crippen molar-refractivity contribution in [3.63, 3.8) is 0 Å². The van der Waals surface area contributed by atoms with Crippen LogP contribution in [-0.4, -0.2) is 39.4 Å². The smallest absolute Gasteiger partial charge is 0.242 e. The van der Waals surface area contributed by atoms with E-state index in [0.29, 0.717) is 6.54 Å². The van der Waals surface area contributed by atoms with Crippen molar-refractivity contribution in [2.45, 2.75) is 38.8 Å². The number of hydrogen-bond acceptors (Lipinski definition) is 3. The summed E-state index contributed by atoms with van der Waals surface area (Å²) < 4.78 is 1.95. The number of carbonyl (C=O) groups is 2. The highest BCUT2D eigenvalue weighted by Gasteiger charge is 2.29. The molecule has 24 heavy (non-hydrogen) atoms. The van der Waals surface area contributed by atoms with E-state index in [-0.39, 0.29) is 24.3 Å². The fourth-order valence-electron chi connectivity index (χ4n) is 3.29. The van der Waals surface area contributed by atoms with Crippen LogP contribution >= 0.6 is 0 Å². The topological polar surface area (TPSA) is 67.2 Å². The Morgan fingerprint density at radius 3 is 2.67 bits per heavy atom. The Morgan fingerprint density at radius 1 is 1.17 bits per heavy atom. The summed E-state index contributed by atoms with van der Waals surface area (Å²) in [5, 5.41) is 2.96. The van der Waals surface area contributed by atoms with E-state index < -0.39 is 0 Å².